The summed E-state index contributed by atoms with van der Waals surface area (Å²) in [4.78, 5) is 18.1. The average Bonchev–Trinajstić information content (AvgIpc) is 2.93. The molecular weight excluding hydrogens is 268 g/mol. The lowest BCUT2D eigenvalue weighted by molar-refractivity contribution is 0.111. The van der Waals surface area contributed by atoms with Gasteiger partial charge in [-0.05, 0) is 25.8 Å². The van der Waals surface area contributed by atoms with E-state index in [0.717, 1.165) is 34.6 Å². The highest BCUT2D eigenvalue weighted by molar-refractivity contribution is 7.17. The summed E-state index contributed by atoms with van der Waals surface area (Å²) in [7, 11) is 0. The standard InChI is InChI=1S/C16H16N2OS/c1-4-14-15(12-7-5-10(2)6-8-12)18-13(9-19)11(3)17-16(18)20-14/h5-9H,4H2,1-3H3. The SMILES string of the molecule is CCc1sc2nc(C)c(C=O)n2c1-c1ccc(C)cc1. The topological polar surface area (TPSA) is 34.4 Å². The Kier molecular flexibility index (Phi) is 3.18. The molecule has 0 N–H and O–H groups in total. The van der Waals surface area contributed by atoms with Crippen LogP contribution in [0.1, 0.15) is 33.5 Å². The number of carbonyl (C=O) groups excluding carboxylic acids is 1. The normalized spacial score (nSPS) is 11.2. The highest BCUT2D eigenvalue weighted by Gasteiger charge is 2.18. The van der Waals surface area contributed by atoms with Crippen LogP contribution in [0.3, 0.4) is 0 Å². The summed E-state index contributed by atoms with van der Waals surface area (Å²) in [5.41, 5.74) is 4.93. The van der Waals surface area contributed by atoms with Crippen molar-refractivity contribution in [3.8, 4) is 11.3 Å². The van der Waals surface area contributed by atoms with Crippen LogP contribution in [-0.2, 0) is 6.42 Å². The molecule has 20 heavy (non-hydrogen) atoms. The number of hydrogen-bond donors (Lipinski definition) is 0. The Labute approximate surface area is 121 Å². The van der Waals surface area contributed by atoms with Gasteiger partial charge in [0.1, 0.15) is 5.69 Å². The van der Waals surface area contributed by atoms with Gasteiger partial charge in [-0.1, -0.05) is 36.8 Å². The van der Waals surface area contributed by atoms with E-state index in [2.05, 4.69) is 43.1 Å². The number of nitrogens with zero attached hydrogens (tertiary/aromatic N) is 2. The second-order valence-electron chi connectivity index (χ2n) is 4.91. The highest BCUT2D eigenvalue weighted by atomic mass is 32.1. The molecule has 0 radical (unpaired) electrons. The van der Waals surface area contributed by atoms with Crippen molar-refractivity contribution in [2.24, 2.45) is 0 Å². The molecule has 3 rings (SSSR count). The van der Waals surface area contributed by atoms with Crippen LogP contribution in [0.5, 0.6) is 0 Å². The number of thiazole rings is 1. The van der Waals surface area contributed by atoms with Crippen LogP contribution < -0.4 is 0 Å². The Hall–Kier alpha value is -1.94. The van der Waals surface area contributed by atoms with E-state index in [-0.39, 0.29) is 0 Å². The third-order valence-electron chi connectivity index (χ3n) is 3.53. The van der Waals surface area contributed by atoms with Crippen molar-refractivity contribution in [3.05, 3.63) is 46.1 Å². The lowest BCUT2D eigenvalue weighted by atomic mass is 10.1. The minimum absolute atomic E-state index is 0.659. The maximum absolute atomic E-state index is 11.4. The third kappa shape index (κ3) is 1.88. The number of aldehydes is 1. The lowest BCUT2D eigenvalue weighted by Gasteiger charge is -2.05. The van der Waals surface area contributed by atoms with Crippen molar-refractivity contribution in [2.45, 2.75) is 27.2 Å². The van der Waals surface area contributed by atoms with Gasteiger partial charge in [-0.3, -0.25) is 9.20 Å². The molecule has 1 aromatic carbocycles. The highest BCUT2D eigenvalue weighted by Crippen LogP contribution is 2.34. The van der Waals surface area contributed by atoms with E-state index in [4.69, 9.17) is 0 Å². The molecule has 0 fully saturated rings. The Balaban J connectivity index is 2.36. The molecule has 2 heterocycles. The summed E-state index contributed by atoms with van der Waals surface area (Å²) in [6.07, 6.45) is 1.84. The van der Waals surface area contributed by atoms with E-state index in [1.54, 1.807) is 11.3 Å². The first-order valence-corrected chi connectivity index (χ1v) is 7.50. The third-order valence-corrected chi connectivity index (χ3v) is 4.71. The summed E-state index contributed by atoms with van der Waals surface area (Å²) >= 11 is 1.67. The van der Waals surface area contributed by atoms with E-state index >= 15 is 0 Å². The Morgan fingerprint density at radius 3 is 2.55 bits per heavy atom. The van der Waals surface area contributed by atoms with Crippen LogP contribution in [-0.4, -0.2) is 15.7 Å². The first-order chi connectivity index (χ1) is 9.65. The summed E-state index contributed by atoms with van der Waals surface area (Å²) in [5.74, 6) is 0. The van der Waals surface area contributed by atoms with E-state index in [9.17, 15) is 4.79 Å². The molecule has 3 nitrogen and oxygen atoms in total. The van der Waals surface area contributed by atoms with Crippen LogP contribution in [0.4, 0.5) is 0 Å². The minimum Gasteiger partial charge on any atom is -0.296 e. The number of aryl methyl sites for hydroxylation is 3. The number of fused-ring (bicyclic) bond motifs is 1. The second kappa shape index (κ2) is 4.87. The quantitative estimate of drug-likeness (QED) is 0.680. The van der Waals surface area contributed by atoms with Gasteiger partial charge in [0.15, 0.2) is 11.2 Å². The first kappa shape index (κ1) is 13.1. The molecule has 4 heteroatoms. The minimum atomic E-state index is 0.659. The second-order valence-corrected chi connectivity index (χ2v) is 5.97. The van der Waals surface area contributed by atoms with Gasteiger partial charge < -0.3 is 0 Å². The summed E-state index contributed by atoms with van der Waals surface area (Å²) in [6.45, 7) is 6.09. The molecule has 0 spiro atoms. The smallest absolute Gasteiger partial charge is 0.195 e. The molecule has 0 saturated heterocycles. The first-order valence-electron chi connectivity index (χ1n) is 6.68. The van der Waals surface area contributed by atoms with Gasteiger partial charge in [-0.25, -0.2) is 4.98 Å². The zero-order valence-electron chi connectivity index (χ0n) is 11.8. The van der Waals surface area contributed by atoms with Gasteiger partial charge in [-0.15, -0.1) is 11.3 Å². The van der Waals surface area contributed by atoms with E-state index in [0.29, 0.717) is 5.69 Å². The van der Waals surface area contributed by atoms with Crippen molar-refractivity contribution < 1.29 is 4.79 Å². The summed E-state index contributed by atoms with van der Waals surface area (Å²) < 4.78 is 2.00. The molecule has 0 aliphatic heterocycles. The van der Waals surface area contributed by atoms with Crippen molar-refractivity contribution in [1.29, 1.82) is 0 Å². The molecular formula is C16H16N2OS. The predicted molar refractivity (Wildman–Crippen MR) is 82.7 cm³/mol. The fraction of sp³-hybridized carbons (Fsp3) is 0.250. The lowest BCUT2D eigenvalue weighted by Crippen LogP contribution is -1.96. The molecule has 0 atom stereocenters. The molecule has 0 saturated carbocycles. The molecule has 3 aromatic rings. The van der Waals surface area contributed by atoms with Crippen LogP contribution >= 0.6 is 11.3 Å². The number of aromatic nitrogens is 2. The van der Waals surface area contributed by atoms with Gasteiger partial charge in [0.2, 0.25) is 0 Å². The van der Waals surface area contributed by atoms with Crippen molar-refractivity contribution in [1.82, 2.24) is 9.38 Å². The van der Waals surface area contributed by atoms with Gasteiger partial charge in [-0.2, -0.15) is 0 Å². The molecule has 0 aliphatic rings. The van der Waals surface area contributed by atoms with Crippen LogP contribution in [0, 0.1) is 13.8 Å². The number of carbonyl (C=O) groups is 1. The van der Waals surface area contributed by atoms with Crippen LogP contribution in [0.15, 0.2) is 24.3 Å². The average molecular weight is 284 g/mol. The maximum atomic E-state index is 11.4. The largest absolute Gasteiger partial charge is 0.296 e. The van der Waals surface area contributed by atoms with Gasteiger partial charge in [0.25, 0.3) is 0 Å². The maximum Gasteiger partial charge on any atom is 0.195 e. The fourth-order valence-electron chi connectivity index (χ4n) is 2.46. The molecule has 0 aliphatic carbocycles. The van der Waals surface area contributed by atoms with Gasteiger partial charge in [0.05, 0.1) is 11.4 Å². The van der Waals surface area contributed by atoms with Crippen LogP contribution in [0.2, 0.25) is 0 Å². The molecule has 2 aromatic heterocycles. The molecule has 0 bridgehead atoms. The van der Waals surface area contributed by atoms with E-state index < -0.39 is 0 Å². The van der Waals surface area contributed by atoms with E-state index in [1.165, 1.54) is 10.4 Å². The summed E-state index contributed by atoms with van der Waals surface area (Å²) in [5, 5.41) is 0. The van der Waals surface area contributed by atoms with Crippen molar-refractivity contribution >= 4 is 22.6 Å². The molecule has 0 unspecified atom stereocenters. The van der Waals surface area contributed by atoms with E-state index in [1.807, 2.05) is 11.3 Å². The number of imidazole rings is 1. The predicted octanol–water partition coefficient (Wildman–Crippen LogP) is 4.05. The zero-order chi connectivity index (χ0) is 14.3. The van der Waals surface area contributed by atoms with Crippen molar-refractivity contribution in [2.75, 3.05) is 0 Å². The van der Waals surface area contributed by atoms with Crippen molar-refractivity contribution in [3.63, 3.8) is 0 Å². The molecule has 0 amide bonds. The van der Waals surface area contributed by atoms with Gasteiger partial charge in [0, 0.05) is 4.88 Å². The Morgan fingerprint density at radius 1 is 1.25 bits per heavy atom. The molecule has 102 valence electrons. The number of rotatable bonds is 3. The summed E-state index contributed by atoms with van der Waals surface area (Å²) in [6, 6.07) is 8.42. The van der Waals surface area contributed by atoms with Gasteiger partial charge >= 0.3 is 0 Å². The Morgan fingerprint density at radius 2 is 1.95 bits per heavy atom. The number of benzene rings is 1. The Bertz CT molecular complexity index is 781. The fourth-order valence-corrected chi connectivity index (χ4v) is 3.60. The monoisotopic (exact) mass is 284 g/mol. The van der Waals surface area contributed by atoms with Crippen LogP contribution in [0.25, 0.3) is 16.2 Å². The zero-order valence-corrected chi connectivity index (χ0v) is 12.6. The number of hydrogen-bond acceptors (Lipinski definition) is 3.